The first-order valence-corrected chi connectivity index (χ1v) is 4.26. The predicted molar refractivity (Wildman–Crippen MR) is 49.0 cm³/mol. The molecule has 0 N–H and O–H groups in total. The zero-order valence-corrected chi connectivity index (χ0v) is 8.05. The van der Waals surface area contributed by atoms with Gasteiger partial charge in [-0.15, -0.1) is 0 Å². The molecule has 76 valence electrons. The number of halogens is 2. The van der Waals surface area contributed by atoms with Crippen LogP contribution in [0.3, 0.4) is 0 Å². The van der Waals surface area contributed by atoms with Gasteiger partial charge in [0.1, 0.15) is 11.6 Å². The monoisotopic (exact) mass is 199 g/mol. The van der Waals surface area contributed by atoms with Crippen LogP contribution in [0.25, 0.3) is 0 Å². The van der Waals surface area contributed by atoms with E-state index in [-0.39, 0.29) is 5.56 Å². The molecule has 0 fully saturated rings. The van der Waals surface area contributed by atoms with Crippen molar-refractivity contribution in [2.45, 2.75) is 6.92 Å². The van der Waals surface area contributed by atoms with Crippen LogP contribution in [0.2, 0.25) is 0 Å². The summed E-state index contributed by atoms with van der Waals surface area (Å²) in [4.78, 5) is 12.8. The van der Waals surface area contributed by atoms with Crippen LogP contribution in [0.5, 0.6) is 0 Å². The molecule has 1 aromatic rings. The fraction of sp³-hybridized carbons (Fsp3) is 0.300. The lowest BCUT2D eigenvalue weighted by Crippen LogP contribution is -2.27. The number of hydrogen-bond donors (Lipinski definition) is 0. The van der Waals surface area contributed by atoms with Gasteiger partial charge in [0.15, 0.2) is 0 Å². The number of benzene rings is 1. The van der Waals surface area contributed by atoms with Crippen LogP contribution in [0, 0.1) is 11.6 Å². The molecule has 0 radical (unpaired) electrons. The van der Waals surface area contributed by atoms with Crippen LogP contribution in [-0.2, 0) is 0 Å². The molecule has 0 unspecified atom stereocenters. The highest BCUT2D eigenvalue weighted by Gasteiger charge is 2.14. The van der Waals surface area contributed by atoms with Crippen LogP contribution >= 0.6 is 0 Å². The molecular weight excluding hydrogens is 188 g/mol. The molecular formula is C10H11F2NO. The Balaban J connectivity index is 3.02. The molecule has 2 nitrogen and oxygen atoms in total. The van der Waals surface area contributed by atoms with Crippen LogP contribution in [-0.4, -0.2) is 24.4 Å². The highest BCUT2D eigenvalue weighted by atomic mass is 19.1. The Bertz CT molecular complexity index is 352. The first-order valence-electron chi connectivity index (χ1n) is 4.26. The summed E-state index contributed by atoms with van der Waals surface area (Å²) in [6.45, 7) is 2.26. The smallest absolute Gasteiger partial charge is 0.256 e. The number of hydrogen-bond acceptors (Lipinski definition) is 1. The zero-order valence-electron chi connectivity index (χ0n) is 8.05. The average molecular weight is 199 g/mol. The topological polar surface area (TPSA) is 20.3 Å². The molecule has 0 aliphatic rings. The molecule has 0 heterocycles. The Labute approximate surface area is 81.1 Å². The third kappa shape index (κ3) is 2.07. The summed E-state index contributed by atoms with van der Waals surface area (Å²) < 4.78 is 25.6. The molecule has 1 rings (SSSR count). The van der Waals surface area contributed by atoms with E-state index < -0.39 is 17.5 Å². The quantitative estimate of drug-likeness (QED) is 0.713. The van der Waals surface area contributed by atoms with E-state index in [1.165, 1.54) is 4.90 Å². The van der Waals surface area contributed by atoms with Gasteiger partial charge in [-0.3, -0.25) is 4.79 Å². The maximum absolute atomic E-state index is 13.1. The lowest BCUT2D eigenvalue weighted by Gasteiger charge is -2.14. The molecule has 0 aromatic heterocycles. The van der Waals surface area contributed by atoms with Crippen molar-refractivity contribution in [1.82, 2.24) is 4.90 Å². The molecule has 0 aliphatic heterocycles. The minimum absolute atomic E-state index is 0.101. The van der Waals surface area contributed by atoms with E-state index in [1.54, 1.807) is 14.0 Å². The van der Waals surface area contributed by atoms with Crippen molar-refractivity contribution < 1.29 is 13.6 Å². The number of amides is 1. The zero-order chi connectivity index (χ0) is 10.7. The van der Waals surface area contributed by atoms with E-state index in [2.05, 4.69) is 0 Å². The van der Waals surface area contributed by atoms with Crippen molar-refractivity contribution >= 4 is 5.91 Å². The van der Waals surface area contributed by atoms with Gasteiger partial charge in [0.2, 0.25) is 0 Å². The second-order valence-electron chi connectivity index (χ2n) is 2.94. The van der Waals surface area contributed by atoms with Crippen molar-refractivity contribution in [2.75, 3.05) is 13.6 Å². The average Bonchev–Trinajstić information content (AvgIpc) is 2.15. The van der Waals surface area contributed by atoms with Gasteiger partial charge in [0.25, 0.3) is 5.91 Å². The van der Waals surface area contributed by atoms with E-state index in [4.69, 9.17) is 0 Å². The second-order valence-corrected chi connectivity index (χ2v) is 2.94. The van der Waals surface area contributed by atoms with Crippen molar-refractivity contribution in [2.24, 2.45) is 0 Å². The molecule has 0 saturated heterocycles. The van der Waals surface area contributed by atoms with Crippen molar-refractivity contribution in [3.05, 3.63) is 35.4 Å². The molecule has 0 atom stereocenters. The Morgan fingerprint density at radius 2 is 2.07 bits per heavy atom. The molecule has 0 spiro atoms. The highest BCUT2D eigenvalue weighted by Crippen LogP contribution is 2.11. The largest absolute Gasteiger partial charge is 0.342 e. The molecule has 14 heavy (non-hydrogen) atoms. The Hall–Kier alpha value is -1.45. The maximum Gasteiger partial charge on any atom is 0.256 e. The standard InChI is InChI=1S/C10H11F2NO/c1-3-13(2)10(14)8-5-4-7(11)6-9(8)12/h4-6H,3H2,1-2H3. The summed E-state index contributed by atoms with van der Waals surface area (Å²) in [6.07, 6.45) is 0. The van der Waals surface area contributed by atoms with Gasteiger partial charge in [-0.25, -0.2) is 8.78 Å². The Morgan fingerprint density at radius 3 is 2.57 bits per heavy atom. The first-order chi connectivity index (χ1) is 6.56. The summed E-state index contributed by atoms with van der Waals surface area (Å²) in [7, 11) is 1.56. The van der Waals surface area contributed by atoms with Gasteiger partial charge in [0, 0.05) is 19.7 Å². The third-order valence-electron chi connectivity index (χ3n) is 1.98. The maximum atomic E-state index is 13.1. The van der Waals surface area contributed by atoms with E-state index >= 15 is 0 Å². The van der Waals surface area contributed by atoms with Gasteiger partial charge in [-0.2, -0.15) is 0 Å². The Kier molecular flexibility index (Phi) is 3.17. The minimum Gasteiger partial charge on any atom is -0.342 e. The van der Waals surface area contributed by atoms with Crippen LogP contribution < -0.4 is 0 Å². The molecule has 0 aliphatic carbocycles. The van der Waals surface area contributed by atoms with E-state index in [9.17, 15) is 13.6 Å². The van der Waals surface area contributed by atoms with E-state index in [0.717, 1.165) is 12.1 Å². The van der Waals surface area contributed by atoms with Crippen LogP contribution in [0.1, 0.15) is 17.3 Å². The van der Waals surface area contributed by atoms with Gasteiger partial charge in [-0.1, -0.05) is 0 Å². The summed E-state index contributed by atoms with van der Waals surface area (Å²) in [6, 6.07) is 2.93. The fourth-order valence-corrected chi connectivity index (χ4v) is 1.01. The SMILES string of the molecule is CCN(C)C(=O)c1ccc(F)cc1F. The van der Waals surface area contributed by atoms with Crippen molar-refractivity contribution in [3.8, 4) is 0 Å². The second kappa shape index (κ2) is 4.17. The molecule has 4 heteroatoms. The normalized spacial score (nSPS) is 10.0. The lowest BCUT2D eigenvalue weighted by atomic mass is 10.2. The van der Waals surface area contributed by atoms with Crippen LogP contribution in [0.15, 0.2) is 18.2 Å². The molecule has 0 saturated carbocycles. The molecule has 0 bridgehead atoms. The fourth-order valence-electron chi connectivity index (χ4n) is 1.01. The number of carbonyl (C=O) groups is 1. The number of nitrogens with zero attached hydrogens (tertiary/aromatic N) is 1. The van der Waals surface area contributed by atoms with Crippen LogP contribution in [0.4, 0.5) is 8.78 Å². The summed E-state index contributed by atoms with van der Waals surface area (Å²) in [5, 5.41) is 0. The van der Waals surface area contributed by atoms with Gasteiger partial charge >= 0.3 is 0 Å². The molecule has 1 amide bonds. The minimum atomic E-state index is -0.824. The van der Waals surface area contributed by atoms with Gasteiger partial charge in [0.05, 0.1) is 5.56 Å². The Morgan fingerprint density at radius 1 is 1.43 bits per heavy atom. The highest BCUT2D eigenvalue weighted by molar-refractivity contribution is 5.94. The van der Waals surface area contributed by atoms with Gasteiger partial charge < -0.3 is 4.90 Å². The van der Waals surface area contributed by atoms with E-state index in [0.29, 0.717) is 12.6 Å². The summed E-state index contributed by atoms with van der Waals surface area (Å²) in [5.74, 6) is -1.95. The predicted octanol–water partition coefficient (Wildman–Crippen LogP) is 2.06. The lowest BCUT2D eigenvalue weighted by molar-refractivity contribution is 0.0797. The summed E-state index contributed by atoms with van der Waals surface area (Å²) in [5.41, 5.74) is -0.101. The van der Waals surface area contributed by atoms with Crippen molar-refractivity contribution in [1.29, 1.82) is 0 Å². The summed E-state index contributed by atoms with van der Waals surface area (Å²) >= 11 is 0. The van der Waals surface area contributed by atoms with Gasteiger partial charge in [-0.05, 0) is 19.1 Å². The first kappa shape index (κ1) is 10.6. The number of carbonyl (C=O) groups excluding carboxylic acids is 1. The van der Waals surface area contributed by atoms with Crippen molar-refractivity contribution in [3.63, 3.8) is 0 Å². The third-order valence-corrected chi connectivity index (χ3v) is 1.98. The van der Waals surface area contributed by atoms with E-state index in [1.807, 2.05) is 0 Å². The number of rotatable bonds is 2. The molecule has 1 aromatic carbocycles.